The van der Waals surface area contributed by atoms with Gasteiger partial charge in [0.05, 0.1) is 13.7 Å². The maximum Gasteiger partial charge on any atom is 0.333 e. The molecule has 0 amide bonds. The third kappa shape index (κ3) is 1.78. The van der Waals surface area contributed by atoms with Crippen molar-refractivity contribution in [1.82, 2.24) is 0 Å². The van der Waals surface area contributed by atoms with Crippen LogP contribution in [0.5, 0.6) is 0 Å². The van der Waals surface area contributed by atoms with Gasteiger partial charge in [-0.3, -0.25) is 4.79 Å². The molecule has 0 radical (unpaired) electrons. The zero-order valence-corrected chi connectivity index (χ0v) is 10.3. The third-order valence-electron chi connectivity index (χ3n) is 3.11. The largest absolute Gasteiger partial charge is 0.469 e. The summed E-state index contributed by atoms with van der Waals surface area (Å²) in [6, 6.07) is 0. The van der Waals surface area contributed by atoms with Crippen LogP contribution in [0.2, 0.25) is 0 Å². The van der Waals surface area contributed by atoms with Crippen molar-refractivity contribution in [2.75, 3.05) is 20.8 Å². The van der Waals surface area contributed by atoms with Crippen molar-refractivity contribution < 1.29 is 32.6 Å². The van der Waals surface area contributed by atoms with Crippen molar-refractivity contribution in [3.05, 3.63) is 0 Å². The second-order valence-electron chi connectivity index (χ2n) is 3.99. The molecule has 3 saturated heterocycles. The van der Waals surface area contributed by atoms with Crippen molar-refractivity contribution >= 4 is 14.6 Å². The zero-order chi connectivity index (χ0) is 12.0. The van der Waals surface area contributed by atoms with E-state index in [1.54, 1.807) is 0 Å². The molecule has 7 nitrogen and oxygen atoms in total. The molecule has 0 N–H and O–H groups in total. The molecular formula is C9H13O7P. The standard InChI is InChI=1S/C9H13O7P/c1-11-8(10)5-7-6(14-9(5)12-2)4-3-13-17(15-4)16-7/h4-7,9H,3H2,1-2H3/t4-,5?,6-,7-,9?,17-/m1/s1. The lowest BCUT2D eigenvalue weighted by molar-refractivity contribution is -0.169. The van der Waals surface area contributed by atoms with Crippen LogP contribution in [0.1, 0.15) is 0 Å². The summed E-state index contributed by atoms with van der Waals surface area (Å²) in [6.45, 7) is 0.428. The van der Waals surface area contributed by atoms with Gasteiger partial charge in [0.15, 0.2) is 6.29 Å². The summed E-state index contributed by atoms with van der Waals surface area (Å²) >= 11 is 0. The van der Waals surface area contributed by atoms with E-state index in [9.17, 15) is 4.79 Å². The first-order chi connectivity index (χ1) is 8.24. The number of carbonyl (C=O) groups excluding carboxylic acids is 1. The first kappa shape index (κ1) is 11.8. The van der Waals surface area contributed by atoms with E-state index in [1.165, 1.54) is 14.2 Å². The molecule has 96 valence electrons. The minimum atomic E-state index is -1.35. The molecule has 0 aromatic rings. The molecule has 3 fully saturated rings. The quantitative estimate of drug-likeness (QED) is 0.520. The number of rotatable bonds is 2. The van der Waals surface area contributed by atoms with Crippen LogP contribution in [0, 0.1) is 5.92 Å². The first-order valence-corrected chi connectivity index (χ1v) is 6.37. The minimum absolute atomic E-state index is 0.188. The highest BCUT2D eigenvalue weighted by atomic mass is 31.2. The highest BCUT2D eigenvalue weighted by Crippen LogP contribution is 2.56. The average Bonchev–Trinajstić information content (AvgIpc) is 2.91. The second-order valence-corrected chi connectivity index (χ2v) is 5.11. The predicted molar refractivity (Wildman–Crippen MR) is 53.8 cm³/mol. The molecule has 0 saturated carbocycles. The van der Waals surface area contributed by atoms with E-state index in [1.807, 2.05) is 0 Å². The molecule has 17 heavy (non-hydrogen) atoms. The van der Waals surface area contributed by atoms with Gasteiger partial charge in [-0.05, 0) is 0 Å². The van der Waals surface area contributed by atoms with Crippen LogP contribution in [-0.2, 0) is 32.6 Å². The van der Waals surface area contributed by atoms with Crippen molar-refractivity contribution in [1.29, 1.82) is 0 Å². The summed E-state index contributed by atoms with van der Waals surface area (Å²) in [5.74, 6) is -0.991. The van der Waals surface area contributed by atoms with E-state index >= 15 is 0 Å². The Bertz CT molecular complexity index is 324. The molecule has 3 aliphatic heterocycles. The first-order valence-electron chi connectivity index (χ1n) is 5.27. The number of esters is 1. The Morgan fingerprint density at radius 2 is 2.12 bits per heavy atom. The molecule has 3 aliphatic rings. The van der Waals surface area contributed by atoms with Crippen LogP contribution in [-0.4, -0.2) is 51.4 Å². The van der Waals surface area contributed by atoms with E-state index in [0.29, 0.717) is 6.61 Å². The molecule has 3 rings (SSSR count). The van der Waals surface area contributed by atoms with E-state index < -0.39 is 32.9 Å². The Kier molecular flexibility index (Phi) is 3.06. The Labute approximate surface area is 99.2 Å². The van der Waals surface area contributed by atoms with Crippen molar-refractivity contribution in [3.8, 4) is 0 Å². The molecule has 3 heterocycles. The normalized spacial score (nSPS) is 47.9. The monoisotopic (exact) mass is 264 g/mol. The maximum atomic E-state index is 11.7. The van der Waals surface area contributed by atoms with Crippen LogP contribution >= 0.6 is 8.60 Å². The van der Waals surface area contributed by atoms with Crippen molar-refractivity contribution in [2.45, 2.75) is 24.6 Å². The lowest BCUT2D eigenvalue weighted by Crippen LogP contribution is -2.43. The molecule has 2 bridgehead atoms. The van der Waals surface area contributed by atoms with Crippen LogP contribution in [0.25, 0.3) is 0 Å². The molecule has 0 aromatic heterocycles. The molecule has 0 spiro atoms. The summed E-state index contributed by atoms with van der Waals surface area (Å²) in [7, 11) is 1.47. The summed E-state index contributed by atoms with van der Waals surface area (Å²) in [6.07, 6.45) is -1.60. The molecule has 2 unspecified atom stereocenters. The van der Waals surface area contributed by atoms with Crippen molar-refractivity contribution in [2.24, 2.45) is 5.92 Å². The van der Waals surface area contributed by atoms with Gasteiger partial charge in [-0.2, -0.15) is 0 Å². The summed E-state index contributed by atoms with van der Waals surface area (Å²) in [5.41, 5.74) is 0. The van der Waals surface area contributed by atoms with Gasteiger partial charge in [0.25, 0.3) is 0 Å². The van der Waals surface area contributed by atoms with Gasteiger partial charge in [0, 0.05) is 7.11 Å². The topological polar surface area (TPSA) is 72.5 Å². The SMILES string of the molecule is COC(=O)C1C(OC)O[C@H]2[C@@H]1O[P@]1OC[C@H]2O1. The molecular weight excluding hydrogens is 251 g/mol. The number of hydrogen-bond acceptors (Lipinski definition) is 7. The fourth-order valence-corrected chi connectivity index (χ4v) is 3.59. The van der Waals surface area contributed by atoms with Crippen LogP contribution in [0.15, 0.2) is 0 Å². The van der Waals surface area contributed by atoms with E-state index in [4.69, 9.17) is 27.8 Å². The van der Waals surface area contributed by atoms with Gasteiger partial charge >= 0.3 is 14.6 Å². The van der Waals surface area contributed by atoms with E-state index in [0.717, 1.165) is 0 Å². The second kappa shape index (κ2) is 4.42. The summed E-state index contributed by atoms with van der Waals surface area (Å²) in [5, 5.41) is 0. The fraction of sp³-hybridized carbons (Fsp3) is 0.889. The zero-order valence-electron chi connectivity index (χ0n) is 9.40. The molecule has 8 heteroatoms. The van der Waals surface area contributed by atoms with Crippen LogP contribution < -0.4 is 0 Å². The highest BCUT2D eigenvalue weighted by molar-refractivity contribution is 7.42. The van der Waals surface area contributed by atoms with Gasteiger partial charge in [-0.15, -0.1) is 0 Å². The Morgan fingerprint density at radius 1 is 1.29 bits per heavy atom. The molecule has 0 aliphatic carbocycles. The van der Waals surface area contributed by atoms with Gasteiger partial charge in [0.2, 0.25) is 0 Å². The Morgan fingerprint density at radius 3 is 2.82 bits per heavy atom. The molecule has 0 aromatic carbocycles. The van der Waals surface area contributed by atoms with Gasteiger partial charge in [-0.1, -0.05) is 0 Å². The summed E-state index contributed by atoms with van der Waals surface area (Å²) in [4.78, 5) is 11.7. The third-order valence-corrected chi connectivity index (χ3v) is 4.33. The van der Waals surface area contributed by atoms with Crippen LogP contribution in [0.4, 0.5) is 0 Å². The van der Waals surface area contributed by atoms with E-state index in [-0.39, 0.29) is 12.2 Å². The minimum Gasteiger partial charge on any atom is -0.469 e. The molecule has 6 atom stereocenters. The average molecular weight is 264 g/mol. The smallest absolute Gasteiger partial charge is 0.333 e. The number of hydrogen-bond donors (Lipinski definition) is 0. The predicted octanol–water partition coefficient (Wildman–Crippen LogP) is 0.188. The summed E-state index contributed by atoms with van der Waals surface area (Å²) < 4.78 is 31.9. The Hall–Kier alpha value is -0.300. The van der Waals surface area contributed by atoms with Crippen molar-refractivity contribution in [3.63, 3.8) is 0 Å². The maximum absolute atomic E-state index is 11.7. The lowest BCUT2D eigenvalue weighted by Gasteiger charge is -2.28. The number of methoxy groups -OCH3 is 2. The van der Waals surface area contributed by atoms with Gasteiger partial charge in [0.1, 0.15) is 24.2 Å². The van der Waals surface area contributed by atoms with Crippen LogP contribution in [0.3, 0.4) is 0 Å². The highest BCUT2D eigenvalue weighted by Gasteiger charge is 2.59. The number of ether oxygens (including phenoxy) is 3. The number of fused-ring (bicyclic) bond motifs is 4. The van der Waals surface area contributed by atoms with E-state index in [2.05, 4.69) is 0 Å². The fourth-order valence-electron chi connectivity index (χ4n) is 2.30. The van der Waals surface area contributed by atoms with Gasteiger partial charge < -0.3 is 27.8 Å². The number of carbonyl (C=O) groups is 1. The Balaban J connectivity index is 1.84. The van der Waals surface area contributed by atoms with Gasteiger partial charge in [-0.25, -0.2) is 0 Å². The lowest BCUT2D eigenvalue weighted by atomic mass is 9.98.